The third kappa shape index (κ3) is 3.73. The molecular weight excluding hydrogens is 408 g/mol. The van der Waals surface area contributed by atoms with Crippen LogP contribution in [0.5, 0.6) is 11.5 Å². The fourth-order valence-corrected chi connectivity index (χ4v) is 3.36. The molecule has 1 saturated heterocycles. The molecule has 4 rings (SSSR count). The van der Waals surface area contributed by atoms with Crippen LogP contribution in [0.25, 0.3) is 0 Å². The van der Waals surface area contributed by atoms with E-state index in [2.05, 4.69) is 24.8 Å². The average molecular weight is 423 g/mol. The molecule has 158 valence electrons. The molecule has 1 fully saturated rings. The number of piperidine rings is 1. The Morgan fingerprint density at radius 1 is 1.27 bits per heavy atom. The molecule has 11 nitrogen and oxygen atoms in total. The number of anilines is 3. The van der Waals surface area contributed by atoms with Gasteiger partial charge in [0.1, 0.15) is 6.33 Å². The minimum Gasteiger partial charge on any atom is -0.481 e. The molecule has 1 aromatic heterocycles. The van der Waals surface area contributed by atoms with Crippen molar-refractivity contribution >= 4 is 29.0 Å². The third-order valence-electron chi connectivity index (χ3n) is 4.79. The zero-order valence-corrected chi connectivity index (χ0v) is 15.2. The number of rotatable bonds is 5. The van der Waals surface area contributed by atoms with Crippen molar-refractivity contribution in [2.45, 2.75) is 19.1 Å². The maximum absolute atomic E-state index is 13.2. The second-order valence-electron chi connectivity index (χ2n) is 6.71. The number of nitrogens with zero attached hydrogens (tertiary/aromatic N) is 4. The van der Waals surface area contributed by atoms with Crippen LogP contribution in [-0.4, -0.2) is 45.4 Å². The molecule has 0 spiro atoms. The van der Waals surface area contributed by atoms with Crippen LogP contribution in [0.1, 0.15) is 12.8 Å². The van der Waals surface area contributed by atoms with Crippen molar-refractivity contribution in [3.8, 4) is 11.5 Å². The second kappa shape index (κ2) is 7.24. The lowest BCUT2D eigenvalue weighted by Gasteiger charge is -2.30. The van der Waals surface area contributed by atoms with Gasteiger partial charge in [-0.05, 0) is 25.0 Å². The van der Waals surface area contributed by atoms with Crippen molar-refractivity contribution in [1.82, 2.24) is 9.97 Å². The van der Waals surface area contributed by atoms with Crippen LogP contribution < -0.4 is 19.7 Å². The van der Waals surface area contributed by atoms with E-state index >= 15 is 0 Å². The van der Waals surface area contributed by atoms with Gasteiger partial charge in [-0.2, -0.15) is 0 Å². The Bertz CT molecular complexity index is 1010. The summed E-state index contributed by atoms with van der Waals surface area (Å²) in [5.41, 5.74) is -0.193. The number of ether oxygens (including phenoxy) is 2. The van der Waals surface area contributed by atoms with Crippen molar-refractivity contribution in [3.63, 3.8) is 0 Å². The molecule has 2 aromatic rings. The Morgan fingerprint density at radius 3 is 2.63 bits per heavy atom. The number of alkyl halides is 2. The molecule has 0 aliphatic carbocycles. The van der Waals surface area contributed by atoms with Crippen molar-refractivity contribution < 1.29 is 33.1 Å². The van der Waals surface area contributed by atoms with E-state index in [0.717, 1.165) is 6.33 Å². The van der Waals surface area contributed by atoms with Gasteiger partial charge in [0, 0.05) is 24.8 Å². The monoisotopic (exact) mass is 423 g/mol. The fraction of sp³-hybridized carbons (Fsp3) is 0.353. The summed E-state index contributed by atoms with van der Waals surface area (Å²) in [6.45, 7) is 0.570. The maximum atomic E-state index is 13.2. The van der Waals surface area contributed by atoms with Gasteiger partial charge in [0.15, 0.2) is 11.5 Å². The molecule has 1 aromatic carbocycles. The summed E-state index contributed by atoms with van der Waals surface area (Å²) < 4.78 is 35.1. The number of benzene rings is 1. The molecule has 0 bridgehead atoms. The number of aliphatic carboxylic acids is 1. The average Bonchev–Trinajstić information content (AvgIpc) is 3.00. The van der Waals surface area contributed by atoms with Gasteiger partial charge in [-0.1, -0.05) is 0 Å². The van der Waals surface area contributed by atoms with Crippen LogP contribution in [0.3, 0.4) is 0 Å². The smallest absolute Gasteiger partial charge is 0.481 e. The van der Waals surface area contributed by atoms with Gasteiger partial charge in [-0.3, -0.25) is 14.9 Å². The zero-order valence-electron chi connectivity index (χ0n) is 15.2. The van der Waals surface area contributed by atoms with Crippen molar-refractivity contribution in [1.29, 1.82) is 0 Å². The molecule has 2 N–H and O–H groups in total. The summed E-state index contributed by atoms with van der Waals surface area (Å²) in [5, 5.41) is 23.6. The molecular formula is C17H15F2N5O6. The molecule has 3 heterocycles. The van der Waals surface area contributed by atoms with E-state index in [4.69, 9.17) is 5.11 Å². The number of hydrogen-bond acceptors (Lipinski definition) is 9. The summed E-state index contributed by atoms with van der Waals surface area (Å²) in [5.74, 6) is -1.89. The van der Waals surface area contributed by atoms with E-state index in [0.29, 0.717) is 12.8 Å². The lowest BCUT2D eigenvalue weighted by atomic mass is 9.97. The standard InChI is InChI=1S/C17H15F2N5O6/c18-17(19)29-11-2-1-10(7-12(11)30-17)22-14-13(24(27)28)15(21-8-20-14)23-5-3-9(4-6-23)16(25)26/h1-2,7-9H,3-6H2,(H,25,26)(H,20,21,22). The molecule has 2 aliphatic rings. The highest BCUT2D eigenvalue weighted by molar-refractivity contribution is 5.76. The lowest BCUT2D eigenvalue weighted by molar-refractivity contribution is -0.383. The van der Waals surface area contributed by atoms with Gasteiger partial charge in [-0.25, -0.2) is 9.97 Å². The topological polar surface area (TPSA) is 140 Å². The number of hydrogen-bond donors (Lipinski definition) is 2. The summed E-state index contributed by atoms with van der Waals surface area (Å²) in [6, 6.07) is 3.83. The van der Waals surface area contributed by atoms with E-state index in [9.17, 15) is 23.7 Å². The minimum absolute atomic E-state index is 0.0496. The molecule has 0 amide bonds. The van der Waals surface area contributed by atoms with Gasteiger partial charge in [0.05, 0.1) is 10.8 Å². The molecule has 2 aliphatic heterocycles. The number of aromatic nitrogens is 2. The number of halogens is 2. The highest BCUT2D eigenvalue weighted by atomic mass is 19.3. The summed E-state index contributed by atoms with van der Waals surface area (Å²) >= 11 is 0. The van der Waals surface area contributed by atoms with Crippen LogP contribution in [-0.2, 0) is 4.79 Å². The van der Waals surface area contributed by atoms with Gasteiger partial charge in [0.2, 0.25) is 11.6 Å². The molecule has 13 heteroatoms. The van der Waals surface area contributed by atoms with E-state index in [1.165, 1.54) is 18.2 Å². The molecule has 0 atom stereocenters. The normalized spacial score (nSPS) is 17.6. The first kappa shape index (κ1) is 19.5. The van der Waals surface area contributed by atoms with Gasteiger partial charge in [0.25, 0.3) is 0 Å². The Morgan fingerprint density at radius 2 is 1.97 bits per heavy atom. The largest absolute Gasteiger partial charge is 0.586 e. The van der Waals surface area contributed by atoms with E-state index in [1.807, 2.05) is 0 Å². The minimum atomic E-state index is -3.78. The van der Waals surface area contributed by atoms with Crippen molar-refractivity contribution in [2.75, 3.05) is 23.3 Å². The Balaban J connectivity index is 1.60. The Kier molecular flexibility index (Phi) is 4.72. The summed E-state index contributed by atoms with van der Waals surface area (Å²) in [7, 11) is 0. The Hall–Kier alpha value is -3.77. The van der Waals surface area contributed by atoms with E-state index < -0.39 is 28.8 Å². The SMILES string of the molecule is O=C(O)C1CCN(c2ncnc(Nc3ccc4c(c3)OC(F)(F)O4)c2[N+](=O)[O-])CC1. The lowest BCUT2D eigenvalue weighted by Crippen LogP contribution is -2.37. The van der Waals surface area contributed by atoms with Crippen LogP contribution in [0.4, 0.5) is 31.8 Å². The molecule has 0 radical (unpaired) electrons. The number of nitrogens with one attached hydrogen (secondary N) is 1. The number of carbonyl (C=O) groups is 1. The number of carboxylic acid groups (broad SMARTS) is 1. The van der Waals surface area contributed by atoms with Crippen LogP contribution in [0.15, 0.2) is 24.5 Å². The van der Waals surface area contributed by atoms with E-state index in [-0.39, 0.29) is 41.9 Å². The molecule has 0 saturated carbocycles. The third-order valence-corrected chi connectivity index (χ3v) is 4.79. The fourth-order valence-electron chi connectivity index (χ4n) is 3.36. The Labute approximate surface area is 167 Å². The number of nitro groups is 1. The molecule has 30 heavy (non-hydrogen) atoms. The molecule has 0 unspecified atom stereocenters. The van der Waals surface area contributed by atoms with Crippen LogP contribution >= 0.6 is 0 Å². The summed E-state index contributed by atoms with van der Waals surface area (Å²) in [4.78, 5) is 31.8. The van der Waals surface area contributed by atoms with Crippen LogP contribution in [0, 0.1) is 16.0 Å². The van der Waals surface area contributed by atoms with E-state index in [1.54, 1.807) is 4.90 Å². The van der Waals surface area contributed by atoms with Gasteiger partial charge < -0.3 is 24.8 Å². The highest BCUT2D eigenvalue weighted by Crippen LogP contribution is 2.43. The summed E-state index contributed by atoms with van der Waals surface area (Å²) in [6.07, 6.45) is -1.99. The highest BCUT2D eigenvalue weighted by Gasteiger charge is 2.43. The second-order valence-corrected chi connectivity index (χ2v) is 6.71. The number of carboxylic acids is 1. The quantitative estimate of drug-likeness (QED) is 0.545. The van der Waals surface area contributed by atoms with Gasteiger partial charge >= 0.3 is 18.0 Å². The van der Waals surface area contributed by atoms with Crippen molar-refractivity contribution in [3.05, 3.63) is 34.6 Å². The first-order valence-electron chi connectivity index (χ1n) is 8.87. The van der Waals surface area contributed by atoms with Gasteiger partial charge in [-0.15, -0.1) is 8.78 Å². The van der Waals surface area contributed by atoms with Crippen molar-refractivity contribution in [2.24, 2.45) is 5.92 Å². The van der Waals surface area contributed by atoms with Crippen LogP contribution in [0.2, 0.25) is 0 Å². The maximum Gasteiger partial charge on any atom is 0.586 e. The zero-order chi connectivity index (χ0) is 21.5. The predicted octanol–water partition coefficient (Wildman–Crippen LogP) is 2.75. The number of fused-ring (bicyclic) bond motifs is 1. The first-order chi connectivity index (χ1) is 14.2. The predicted molar refractivity (Wildman–Crippen MR) is 97.2 cm³/mol. The first-order valence-corrected chi connectivity index (χ1v) is 8.87.